The van der Waals surface area contributed by atoms with E-state index in [-0.39, 0.29) is 16.6 Å². The summed E-state index contributed by atoms with van der Waals surface area (Å²) in [5.74, 6) is -3.49. The molecule has 0 atom stereocenters. The number of benzene rings is 1. The third-order valence-corrected chi connectivity index (χ3v) is 6.48. The number of halogens is 3. The quantitative estimate of drug-likeness (QED) is 0.303. The number of alkyl halides is 2. The van der Waals surface area contributed by atoms with Crippen LogP contribution >= 0.6 is 11.6 Å². The Labute approximate surface area is 226 Å². The van der Waals surface area contributed by atoms with Gasteiger partial charge >= 0.3 is 5.92 Å². The molecule has 200 valence electrons. The van der Waals surface area contributed by atoms with Gasteiger partial charge < -0.3 is 15.4 Å². The molecule has 1 amide bonds. The molecule has 0 unspecified atom stereocenters. The molecule has 0 saturated heterocycles. The first-order valence-electron chi connectivity index (χ1n) is 12.0. The maximum Gasteiger partial charge on any atom is 0.350 e. The van der Waals surface area contributed by atoms with Crippen molar-refractivity contribution in [3.63, 3.8) is 0 Å². The third kappa shape index (κ3) is 5.15. The molecule has 1 aliphatic carbocycles. The van der Waals surface area contributed by atoms with Gasteiger partial charge in [-0.15, -0.1) is 10.2 Å². The lowest BCUT2D eigenvalue weighted by atomic mass is 10.0. The van der Waals surface area contributed by atoms with Crippen LogP contribution in [0, 0.1) is 5.92 Å². The molecular weight excluding hydrogens is 530 g/mol. The van der Waals surface area contributed by atoms with Crippen LogP contribution in [-0.2, 0) is 10.7 Å². The second-order valence-corrected chi connectivity index (χ2v) is 9.30. The number of pyridine rings is 1. The number of amides is 1. The molecule has 0 aliphatic heterocycles. The smallest absolute Gasteiger partial charge is 0.350 e. The SMILES string of the molecule is CNC(=O)c1ccc(-c2ccc3nnc(C(F)(F)c4ccc5nc(NC)cn5n4)n3c2)cc1Cl.O=CC1CC1. The number of rotatable bonds is 6. The zero-order valence-corrected chi connectivity index (χ0v) is 21.7. The van der Waals surface area contributed by atoms with Gasteiger partial charge in [0.15, 0.2) is 11.3 Å². The lowest BCUT2D eigenvalue weighted by Crippen LogP contribution is -2.22. The van der Waals surface area contributed by atoms with Gasteiger partial charge in [-0.3, -0.25) is 9.20 Å². The Morgan fingerprint density at radius 3 is 2.44 bits per heavy atom. The van der Waals surface area contributed by atoms with Crippen LogP contribution in [-0.4, -0.2) is 55.5 Å². The number of aromatic nitrogens is 6. The van der Waals surface area contributed by atoms with Gasteiger partial charge in [0.2, 0.25) is 5.82 Å². The molecule has 0 bridgehead atoms. The van der Waals surface area contributed by atoms with Crippen LogP contribution in [0.4, 0.5) is 14.6 Å². The number of aldehydes is 1. The molecule has 39 heavy (non-hydrogen) atoms. The lowest BCUT2D eigenvalue weighted by molar-refractivity contribution is -0.108. The fourth-order valence-corrected chi connectivity index (χ4v) is 4.07. The minimum atomic E-state index is -3.54. The number of hydrogen-bond donors (Lipinski definition) is 2. The minimum Gasteiger partial charge on any atom is -0.372 e. The molecule has 1 fully saturated rings. The van der Waals surface area contributed by atoms with Gasteiger partial charge in [0, 0.05) is 26.2 Å². The molecule has 6 rings (SSSR count). The first kappa shape index (κ1) is 26.2. The molecule has 2 N–H and O–H groups in total. The van der Waals surface area contributed by atoms with Crippen molar-refractivity contribution in [2.45, 2.75) is 18.8 Å². The van der Waals surface area contributed by atoms with Gasteiger partial charge in [-0.25, -0.2) is 9.50 Å². The van der Waals surface area contributed by atoms with Crippen LogP contribution in [0.5, 0.6) is 0 Å². The summed E-state index contributed by atoms with van der Waals surface area (Å²) in [6, 6.07) is 10.8. The maximum absolute atomic E-state index is 15.5. The van der Waals surface area contributed by atoms with E-state index in [1.165, 1.54) is 40.5 Å². The summed E-state index contributed by atoms with van der Waals surface area (Å²) in [6.45, 7) is 0. The second kappa shape index (κ2) is 10.4. The number of anilines is 1. The van der Waals surface area contributed by atoms with Crippen LogP contribution in [0.15, 0.2) is 54.9 Å². The number of nitrogens with one attached hydrogen (secondary N) is 2. The first-order valence-corrected chi connectivity index (χ1v) is 12.4. The van der Waals surface area contributed by atoms with Crippen LogP contribution in [0.2, 0.25) is 5.02 Å². The zero-order chi connectivity index (χ0) is 27.7. The second-order valence-electron chi connectivity index (χ2n) is 8.89. The summed E-state index contributed by atoms with van der Waals surface area (Å²) in [6.07, 6.45) is 6.33. The highest BCUT2D eigenvalue weighted by Gasteiger charge is 2.41. The van der Waals surface area contributed by atoms with Crippen molar-refractivity contribution in [1.29, 1.82) is 0 Å². The van der Waals surface area contributed by atoms with Crippen molar-refractivity contribution in [2.75, 3.05) is 19.4 Å². The number of carbonyl (C=O) groups excluding carboxylic acids is 2. The minimum absolute atomic E-state index is 0.241. The van der Waals surface area contributed by atoms with E-state index in [0.717, 1.165) is 19.1 Å². The standard InChI is InChI=1S/C22H17ClF2N8O.C4H6O/c1-26-17-11-33-18(28-17)8-6-16(31-33)22(24,25)21-30-29-19-7-4-13(10-32(19)21)12-3-5-14(15(23)9-12)20(34)27-2;5-3-4-1-2-4/h3-11,26H,1-2H3,(H,27,34);3-4H,1-2H2. The molecule has 4 heterocycles. The average molecular weight is 553 g/mol. The molecule has 1 aliphatic rings. The van der Waals surface area contributed by atoms with Gasteiger partial charge in [-0.05, 0) is 60.4 Å². The van der Waals surface area contributed by atoms with E-state index >= 15 is 8.78 Å². The van der Waals surface area contributed by atoms with E-state index in [1.54, 1.807) is 37.4 Å². The number of fused-ring (bicyclic) bond motifs is 2. The predicted molar refractivity (Wildman–Crippen MR) is 141 cm³/mol. The Morgan fingerprint density at radius 1 is 1.05 bits per heavy atom. The summed E-state index contributed by atoms with van der Waals surface area (Å²) >= 11 is 6.26. The van der Waals surface area contributed by atoms with E-state index in [0.29, 0.717) is 34.1 Å². The highest BCUT2D eigenvalue weighted by atomic mass is 35.5. The number of carbonyl (C=O) groups is 2. The Balaban J connectivity index is 0.000000555. The fourth-order valence-electron chi connectivity index (χ4n) is 3.81. The Hall–Kier alpha value is -4.45. The average Bonchev–Trinajstić information content (AvgIpc) is 3.54. The summed E-state index contributed by atoms with van der Waals surface area (Å²) in [5.41, 5.74) is 1.71. The normalized spacial score (nSPS) is 13.2. The van der Waals surface area contributed by atoms with Gasteiger partial charge in [-0.2, -0.15) is 13.9 Å². The monoisotopic (exact) mass is 552 g/mol. The summed E-state index contributed by atoms with van der Waals surface area (Å²) < 4.78 is 33.6. The molecule has 1 aromatic carbocycles. The number of imidazole rings is 1. The summed E-state index contributed by atoms with van der Waals surface area (Å²) in [7, 11) is 3.18. The highest BCUT2D eigenvalue weighted by molar-refractivity contribution is 6.34. The van der Waals surface area contributed by atoms with Crippen molar-refractivity contribution in [3.8, 4) is 11.1 Å². The zero-order valence-electron chi connectivity index (χ0n) is 20.9. The molecule has 13 heteroatoms. The van der Waals surface area contributed by atoms with Gasteiger partial charge in [0.05, 0.1) is 16.8 Å². The molecule has 0 radical (unpaired) electrons. The van der Waals surface area contributed by atoms with Crippen molar-refractivity contribution < 1.29 is 18.4 Å². The van der Waals surface area contributed by atoms with Crippen LogP contribution in [0.3, 0.4) is 0 Å². The molecule has 5 aromatic rings. The van der Waals surface area contributed by atoms with E-state index < -0.39 is 17.4 Å². The van der Waals surface area contributed by atoms with E-state index in [9.17, 15) is 9.59 Å². The van der Waals surface area contributed by atoms with Gasteiger partial charge in [0.1, 0.15) is 17.8 Å². The van der Waals surface area contributed by atoms with E-state index in [4.69, 9.17) is 11.6 Å². The van der Waals surface area contributed by atoms with Gasteiger partial charge in [-0.1, -0.05) is 17.7 Å². The van der Waals surface area contributed by atoms with Crippen LogP contribution in [0.1, 0.15) is 34.7 Å². The number of nitrogens with zero attached hydrogens (tertiary/aromatic N) is 6. The number of hydrogen-bond acceptors (Lipinski definition) is 7. The molecular formula is C26H23ClF2N8O2. The van der Waals surface area contributed by atoms with Crippen molar-refractivity contribution in [2.24, 2.45) is 5.92 Å². The van der Waals surface area contributed by atoms with Crippen molar-refractivity contribution >= 4 is 40.9 Å². The predicted octanol–water partition coefficient (Wildman–Crippen LogP) is 4.23. The Bertz CT molecular complexity index is 1700. The molecule has 1 saturated carbocycles. The largest absolute Gasteiger partial charge is 0.372 e. The van der Waals surface area contributed by atoms with E-state index in [1.807, 2.05) is 0 Å². The van der Waals surface area contributed by atoms with Crippen molar-refractivity contribution in [3.05, 3.63) is 77.0 Å². The third-order valence-electron chi connectivity index (χ3n) is 6.17. The topological polar surface area (TPSA) is 119 Å². The fraction of sp³-hybridized carbons (Fsp3) is 0.231. The molecule has 0 spiro atoms. The summed E-state index contributed by atoms with van der Waals surface area (Å²) in [5, 5.41) is 17.3. The Kier molecular flexibility index (Phi) is 6.96. The Morgan fingerprint density at radius 2 is 1.79 bits per heavy atom. The van der Waals surface area contributed by atoms with Crippen LogP contribution < -0.4 is 10.6 Å². The molecule has 4 aromatic heterocycles. The maximum atomic E-state index is 15.5. The highest BCUT2D eigenvalue weighted by Crippen LogP contribution is 2.34. The van der Waals surface area contributed by atoms with Crippen molar-refractivity contribution in [1.82, 2.24) is 34.5 Å². The van der Waals surface area contributed by atoms with E-state index in [2.05, 4.69) is 30.9 Å². The summed E-state index contributed by atoms with van der Waals surface area (Å²) in [4.78, 5) is 25.7. The lowest BCUT2D eigenvalue weighted by Gasteiger charge is -2.14. The molecule has 10 nitrogen and oxygen atoms in total. The van der Waals surface area contributed by atoms with Gasteiger partial charge in [0.25, 0.3) is 5.91 Å². The first-order chi connectivity index (χ1) is 18.7. The van der Waals surface area contributed by atoms with Crippen LogP contribution in [0.25, 0.3) is 22.4 Å².